The summed E-state index contributed by atoms with van der Waals surface area (Å²) in [7, 11) is 0. The monoisotopic (exact) mass is 264 g/mol. The summed E-state index contributed by atoms with van der Waals surface area (Å²) in [5, 5.41) is 8.19. The number of nitrogens with zero attached hydrogens (tertiary/aromatic N) is 3. The third-order valence-electron chi connectivity index (χ3n) is 3.28. The van der Waals surface area contributed by atoms with E-state index in [1.165, 1.54) is 5.56 Å². The largest absolute Gasteiger partial charge is 0.326 e. The number of benzene rings is 2. The highest BCUT2D eigenvalue weighted by atomic mass is 15.4. The highest BCUT2D eigenvalue weighted by Gasteiger charge is 2.06. The minimum absolute atomic E-state index is 0.568. The molecule has 0 saturated carbocycles. The van der Waals surface area contributed by atoms with Crippen molar-refractivity contribution in [2.45, 2.75) is 13.1 Å². The summed E-state index contributed by atoms with van der Waals surface area (Å²) in [4.78, 5) is 0. The summed E-state index contributed by atoms with van der Waals surface area (Å²) in [6, 6.07) is 18.4. The van der Waals surface area contributed by atoms with Crippen molar-refractivity contribution < 1.29 is 0 Å². The Morgan fingerprint density at radius 1 is 0.900 bits per heavy atom. The molecule has 3 rings (SSSR count). The molecule has 0 bridgehead atoms. The molecule has 0 aliphatic heterocycles. The van der Waals surface area contributed by atoms with Crippen molar-refractivity contribution in [3.8, 4) is 11.3 Å². The molecule has 0 saturated heterocycles. The maximum absolute atomic E-state index is 5.61. The molecule has 4 nitrogen and oxygen atoms in total. The van der Waals surface area contributed by atoms with E-state index in [2.05, 4.69) is 46.7 Å². The number of nitrogens with two attached hydrogens (primary N) is 1. The normalized spacial score (nSPS) is 10.7. The fourth-order valence-electron chi connectivity index (χ4n) is 2.16. The zero-order valence-electron chi connectivity index (χ0n) is 11.1. The van der Waals surface area contributed by atoms with Crippen LogP contribution in [0.4, 0.5) is 0 Å². The Balaban J connectivity index is 1.86. The molecule has 0 atom stereocenters. The average molecular weight is 264 g/mol. The van der Waals surface area contributed by atoms with E-state index >= 15 is 0 Å². The molecule has 2 aromatic carbocycles. The van der Waals surface area contributed by atoms with Crippen LogP contribution in [0.25, 0.3) is 11.3 Å². The van der Waals surface area contributed by atoms with Gasteiger partial charge in [-0.1, -0.05) is 59.8 Å². The van der Waals surface area contributed by atoms with Gasteiger partial charge in [-0.3, -0.25) is 0 Å². The van der Waals surface area contributed by atoms with Gasteiger partial charge in [0.1, 0.15) is 0 Å². The lowest BCUT2D eigenvalue weighted by Gasteiger charge is -2.07. The first-order valence-corrected chi connectivity index (χ1v) is 6.58. The molecular weight excluding hydrogens is 248 g/mol. The van der Waals surface area contributed by atoms with Crippen molar-refractivity contribution >= 4 is 0 Å². The van der Waals surface area contributed by atoms with Crippen LogP contribution in [0.1, 0.15) is 11.1 Å². The topological polar surface area (TPSA) is 56.7 Å². The van der Waals surface area contributed by atoms with Gasteiger partial charge in [0.25, 0.3) is 0 Å². The van der Waals surface area contributed by atoms with Gasteiger partial charge in [-0.2, -0.15) is 0 Å². The summed E-state index contributed by atoms with van der Waals surface area (Å²) < 4.78 is 1.91. The third-order valence-corrected chi connectivity index (χ3v) is 3.28. The number of hydrogen-bond donors (Lipinski definition) is 1. The van der Waals surface area contributed by atoms with Crippen LogP contribution in [-0.2, 0) is 13.1 Å². The van der Waals surface area contributed by atoms with E-state index in [-0.39, 0.29) is 0 Å². The van der Waals surface area contributed by atoms with E-state index in [1.54, 1.807) is 6.20 Å². The van der Waals surface area contributed by atoms with Crippen molar-refractivity contribution in [2.24, 2.45) is 5.73 Å². The smallest absolute Gasteiger partial charge is 0.0889 e. The lowest BCUT2D eigenvalue weighted by Crippen LogP contribution is -2.04. The highest BCUT2D eigenvalue weighted by Crippen LogP contribution is 2.18. The Morgan fingerprint density at radius 3 is 2.30 bits per heavy atom. The van der Waals surface area contributed by atoms with Gasteiger partial charge < -0.3 is 5.73 Å². The van der Waals surface area contributed by atoms with Crippen LogP contribution in [0.15, 0.2) is 60.8 Å². The maximum Gasteiger partial charge on any atom is 0.0889 e. The zero-order chi connectivity index (χ0) is 13.8. The van der Waals surface area contributed by atoms with Gasteiger partial charge in [-0.25, -0.2) is 4.68 Å². The average Bonchev–Trinajstić information content (AvgIpc) is 2.97. The van der Waals surface area contributed by atoms with Crippen LogP contribution < -0.4 is 5.73 Å². The Labute approximate surface area is 117 Å². The summed E-state index contributed by atoms with van der Waals surface area (Å²) >= 11 is 0. The predicted octanol–water partition coefficient (Wildman–Crippen LogP) is 2.45. The lowest BCUT2D eigenvalue weighted by molar-refractivity contribution is 0.655. The summed E-state index contributed by atoms with van der Waals surface area (Å²) in [5.74, 6) is 0. The van der Waals surface area contributed by atoms with Crippen molar-refractivity contribution in [1.29, 1.82) is 0 Å². The molecule has 3 aromatic rings. The summed E-state index contributed by atoms with van der Waals surface area (Å²) in [6.45, 7) is 1.27. The van der Waals surface area contributed by atoms with Gasteiger partial charge in [0.05, 0.1) is 18.4 Å². The van der Waals surface area contributed by atoms with E-state index in [1.807, 2.05) is 22.9 Å². The first-order valence-electron chi connectivity index (χ1n) is 6.58. The quantitative estimate of drug-likeness (QED) is 0.787. The number of aromatic nitrogens is 3. The van der Waals surface area contributed by atoms with Gasteiger partial charge in [0.15, 0.2) is 0 Å². The molecule has 20 heavy (non-hydrogen) atoms. The first-order chi connectivity index (χ1) is 9.86. The maximum atomic E-state index is 5.61. The molecule has 1 heterocycles. The molecule has 100 valence electrons. The lowest BCUT2D eigenvalue weighted by atomic mass is 10.1. The molecule has 2 N–H and O–H groups in total. The van der Waals surface area contributed by atoms with Crippen LogP contribution in [0.2, 0.25) is 0 Å². The summed E-state index contributed by atoms with van der Waals surface area (Å²) in [5.41, 5.74) is 10.1. The fourth-order valence-corrected chi connectivity index (χ4v) is 2.16. The fraction of sp³-hybridized carbons (Fsp3) is 0.125. The molecule has 0 aliphatic rings. The molecule has 0 aliphatic carbocycles. The molecule has 0 fully saturated rings. The van der Waals surface area contributed by atoms with Gasteiger partial charge in [0, 0.05) is 12.1 Å². The van der Waals surface area contributed by atoms with Gasteiger partial charge >= 0.3 is 0 Å². The van der Waals surface area contributed by atoms with E-state index in [0.717, 1.165) is 16.8 Å². The third kappa shape index (κ3) is 2.60. The summed E-state index contributed by atoms with van der Waals surface area (Å²) in [6.07, 6.45) is 1.80. The Hall–Kier alpha value is -2.46. The second-order valence-corrected chi connectivity index (χ2v) is 4.66. The van der Waals surface area contributed by atoms with Crippen LogP contribution in [0, 0.1) is 0 Å². The van der Waals surface area contributed by atoms with Crippen LogP contribution in [-0.4, -0.2) is 15.0 Å². The van der Waals surface area contributed by atoms with Gasteiger partial charge in [0.2, 0.25) is 0 Å². The Morgan fingerprint density at radius 2 is 1.60 bits per heavy atom. The van der Waals surface area contributed by atoms with Crippen LogP contribution in [0.3, 0.4) is 0 Å². The Bertz CT molecular complexity index is 671. The van der Waals surface area contributed by atoms with Crippen molar-refractivity contribution in [1.82, 2.24) is 15.0 Å². The molecular formula is C16H16N4. The molecule has 0 unspecified atom stereocenters. The van der Waals surface area contributed by atoms with E-state index < -0.39 is 0 Å². The van der Waals surface area contributed by atoms with Gasteiger partial charge in [-0.05, 0) is 11.1 Å². The molecule has 0 amide bonds. The molecule has 1 aromatic heterocycles. The van der Waals surface area contributed by atoms with Crippen molar-refractivity contribution in [3.05, 3.63) is 71.9 Å². The predicted molar refractivity (Wildman–Crippen MR) is 78.9 cm³/mol. The minimum atomic E-state index is 0.568. The van der Waals surface area contributed by atoms with Crippen LogP contribution >= 0.6 is 0 Å². The molecule has 0 radical (unpaired) electrons. The minimum Gasteiger partial charge on any atom is -0.326 e. The standard InChI is InChI=1S/C16H16N4/c17-10-13-6-8-14(9-7-13)12-20-16(11-18-19-20)15-4-2-1-3-5-15/h1-9,11H,10,12,17H2. The van der Waals surface area contributed by atoms with E-state index in [9.17, 15) is 0 Å². The SMILES string of the molecule is NCc1ccc(Cn2nncc2-c2ccccc2)cc1. The second-order valence-electron chi connectivity index (χ2n) is 4.66. The number of rotatable bonds is 4. The molecule has 0 spiro atoms. The second kappa shape index (κ2) is 5.67. The zero-order valence-corrected chi connectivity index (χ0v) is 11.1. The van der Waals surface area contributed by atoms with E-state index in [4.69, 9.17) is 5.73 Å². The van der Waals surface area contributed by atoms with Gasteiger partial charge in [-0.15, -0.1) is 5.10 Å². The van der Waals surface area contributed by atoms with Crippen LogP contribution in [0.5, 0.6) is 0 Å². The first kappa shape index (κ1) is 12.6. The highest BCUT2D eigenvalue weighted by molar-refractivity contribution is 5.58. The van der Waals surface area contributed by atoms with E-state index in [0.29, 0.717) is 13.1 Å². The van der Waals surface area contributed by atoms with Crippen molar-refractivity contribution in [3.63, 3.8) is 0 Å². The number of hydrogen-bond acceptors (Lipinski definition) is 3. The Kier molecular flexibility index (Phi) is 3.56. The van der Waals surface area contributed by atoms with Crippen molar-refractivity contribution in [2.75, 3.05) is 0 Å². The molecule has 4 heteroatoms.